The van der Waals surface area contributed by atoms with Gasteiger partial charge >= 0.3 is 12.1 Å². The molecule has 5 rings (SSSR count). The molecule has 0 spiro atoms. The van der Waals surface area contributed by atoms with E-state index < -0.39 is 12.1 Å². The summed E-state index contributed by atoms with van der Waals surface area (Å²) in [5.41, 5.74) is 1.23. The van der Waals surface area contributed by atoms with E-state index in [0.29, 0.717) is 36.0 Å². The number of carboxylic acid groups (broad SMARTS) is 1. The van der Waals surface area contributed by atoms with E-state index in [2.05, 4.69) is 42.3 Å². The number of carbonyl (C=O) groups is 2. The number of piperazine rings is 1. The van der Waals surface area contributed by atoms with Gasteiger partial charge in [0.15, 0.2) is 11.5 Å². The molecule has 12 nitrogen and oxygen atoms in total. The number of aryl methyl sites for hydroxylation is 1. The standard InChI is InChI=1S/C22H24N8O2.C2HF3O2/c1-15-4-6-17(32-15)12-25-21(31)16-5-7-19-26-27-20(30(19)13-16)18-14-29(11-10-28(18)2)22-23-8-3-9-24-22;3-2(4,5)1(6)7/h3-9,13,18H,10-12,14H2,1-2H3,(H,25,31);(H,6,7). The van der Waals surface area contributed by atoms with Crippen LogP contribution in [0.3, 0.4) is 0 Å². The van der Waals surface area contributed by atoms with Crippen LogP contribution in [0.2, 0.25) is 0 Å². The Bertz CT molecular complexity index is 1440. The van der Waals surface area contributed by atoms with Crippen LogP contribution in [0.15, 0.2) is 53.3 Å². The van der Waals surface area contributed by atoms with E-state index >= 15 is 0 Å². The predicted molar refractivity (Wildman–Crippen MR) is 131 cm³/mol. The van der Waals surface area contributed by atoms with Gasteiger partial charge in [-0.2, -0.15) is 13.2 Å². The van der Waals surface area contributed by atoms with Gasteiger partial charge in [-0.3, -0.25) is 14.1 Å². The first-order valence-corrected chi connectivity index (χ1v) is 11.7. The summed E-state index contributed by atoms with van der Waals surface area (Å²) >= 11 is 0. The average molecular weight is 547 g/mol. The Hall–Kier alpha value is -4.53. The molecule has 0 radical (unpaired) electrons. The van der Waals surface area contributed by atoms with Gasteiger partial charge in [-0.15, -0.1) is 10.2 Å². The molecule has 1 aliphatic rings. The summed E-state index contributed by atoms with van der Waals surface area (Å²) in [7, 11) is 2.07. The van der Waals surface area contributed by atoms with Crippen molar-refractivity contribution >= 4 is 23.5 Å². The summed E-state index contributed by atoms with van der Waals surface area (Å²) in [6, 6.07) is 9.09. The number of hydrogen-bond acceptors (Lipinski definition) is 9. The largest absolute Gasteiger partial charge is 0.490 e. The fourth-order valence-electron chi connectivity index (χ4n) is 3.91. The van der Waals surface area contributed by atoms with Crippen molar-refractivity contribution in [2.75, 3.05) is 31.6 Å². The Labute approximate surface area is 220 Å². The number of carbonyl (C=O) groups excluding carboxylic acids is 1. The fraction of sp³-hybridized carbons (Fsp3) is 0.333. The summed E-state index contributed by atoms with van der Waals surface area (Å²) in [5, 5.41) is 18.8. The minimum absolute atomic E-state index is 0.0213. The highest BCUT2D eigenvalue weighted by molar-refractivity contribution is 5.94. The number of fused-ring (bicyclic) bond motifs is 1. The molecule has 206 valence electrons. The molecule has 0 bridgehead atoms. The van der Waals surface area contributed by atoms with Crippen LogP contribution >= 0.6 is 0 Å². The minimum Gasteiger partial charge on any atom is -0.475 e. The second-order valence-corrected chi connectivity index (χ2v) is 8.69. The maximum atomic E-state index is 12.7. The number of carboxylic acids is 1. The number of aromatic nitrogens is 5. The lowest BCUT2D eigenvalue weighted by Crippen LogP contribution is -2.47. The van der Waals surface area contributed by atoms with Crippen LogP contribution in [-0.2, 0) is 11.3 Å². The highest BCUT2D eigenvalue weighted by atomic mass is 19.4. The summed E-state index contributed by atoms with van der Waals surface area (Å²) < 4.78 is 39.2. The van der Waals surface area contributed by atoms with E-state index in [1.54, 1.807) is 24.7 Å². The number of alkyl halides is 3. The van der Waals surface area contributed by atoms with Crippen LogP contribution in [0.25, 0.3) is 5.65 Å². The van der Waals surface area contributed by atoms with Crippen LogP contribution in [0.5, 0.6) is 0 Å². The molecule has 15 heteroatoms. The van der Waals surface area contributed by atoms with Crippen molar-refractivity contribution < 1.29 is 32.3 Å². The second-order valence-electron chi connectivity index (χ2n) is 8.69. The Morgan fingerprint density at radius 3 is 2.49 bits per heavy atom. The molecule has 0 aromatic carbocycles. The summed E-state index contributed by atoms with van der Waals surface area (Å²) in [4.78, 5) is 34.8. The Kier molecular flexibility index (Phi) is 8.09. The number of halogens is 3. The summed E-state index contributed by atoms with van der Waals surface area (Å²) in [6.07, 6.45) is 0.202. The minimum atomic E-state index is -5.08. The molecule has 1 unspecified atom stereocenters. The van der Waals surface area contributed by atoms with Crippen LogP contribution in [0.1, 0.15) is 33.7 Å². The van der Waals surface area contributed by atoms with Crippen LogP contribution < -0.4 is 10.2 Å². The molecule has 0 saturated carbocycles. The van der Waals surface area contributed by atoms with E-state index in [9.17, 15) is 18.0 Å². The fourth-order valence-corrected chi connectivity index (χ4v) is 3.91. The van der Waals surface area contributed by atoms with Crippen molar-refractivity contribution in [3.63, 3.8) is 0 Å². The molecule has 5 heterocycles. The Morgan fingerprint density at radius 2 is 1.85 bits per heavy atom. The topological polar surface area (TPSA) is 142 Å². The number of anilines is 1. The van der Waals surface area contributed by atoms with Crippen LogP contribution in [-0.4, -0.2) is 79.3 Å². The maximum absolute atomic E-state index is 12.7. The van der Waals surface area contributed by atoms with Gasteiger partial charge in [0.25, 0.3) is 5.91 Å². The molecule has 1 aliphatic heterocycles. The first kappa shape index (κ1) is 27.5. The molecule has 1 fully saturated rings. The quantitative estimate of drug-likeness (QED) is 0.383. The molecule has 1 amide bonds. The normalized spacial score (nSPS) is 16.0. The van der Waals surface area contributed by atoms with Gasteiger partial charge in [0, 0.05) is 38.2 Å². The van der Waals surface area contributed by atoms with Gasteiger partial charge in [0.05, 0.1) is 18.2 Å². The van der Waals surface area contributed by atoms with Gasteiger partial charge in [0.1, 0.15) is 11.5 Å². The molecular formula is C24H25F3N8O4. The third-order valence-corrected chi connectivity index (χ3v) is 5.93. The van der Waals surface area contributed by atoms with E-state index in [0.717, 1.165) is 24.7 Å². The zero-order chi connectivity index (χ0) is 28.2. The molecule has 4 aromatic heterocycles. The lowest BCUT2D eigenvalue weighted by Gasteiger charge is -2.38. The first-order valence-electron chi connectivity index (χ1n) is 11.7. The third-order valence-electron chi connectivity index (χ3n) is 5.93. The molecule has 4 aromatic rings. The van der Waals surface area contributed by atoms with E-state index in [4.69, 9.17) is 14.3 Å². The van der Waals surface area contributed by atoms with Crippen molar-refractivity contribution in [3.8, 4) is 0 Å². The lowest BCUT2D eigenvalue weighted by atomic mass is 10.1. The van der Waals surface area contributed by atoms with Gasteiger partial charge in [-0.05, 0) is 44.3 Å². The van der Waals surface area contributed by atoms with Gasteiger partial charge < -0.3 is 19.7 Å². The molecule has 1 atom stereocenters. The number of nitrogens with one attached hydrogen (secondary N) is 1. The van der Waals surface area contributed by atoms with Crippen molar-refractivity contribution in [2.45, 2.75) is 25.7 Å². The lowest BCUT2D eigenvalue weighted by molar-refractivity contribution is -0.192. The van der Waals surface area contributed by atoms with Crippen molar-refractivity contribution in [2.24, 2.45) is 0 Å². The number of hydrogen-bond donors (Lipinski definition) is 2. The molecule has 2 N–H and O–H groups in total. The molecular weight excluding hydrogens is 521 g/mol. The Morgan fingerprint density at radius 1 is 1.13 bits per heavy atom. The third kappa shape index (κ3) is 6.67. The van der Waals surface area contributed by atoms with E-state index in [1.165, 1.54) is 0 Å². The number of rotatable bonds is 5. The SMILES string of the molecule is Cc1ccc(CNC(=O)c2ccc3nnc(C4CN(c5ncccn5)CCN4C)n3c2)o1.O=C(O)C(F)(F)F. The monoisotopic (exact) mass is 546 g/mol. The zero-order valence-corrected chi connectivity index (χ0v) is 21.0. The second kappa shape index (κ2) is 11.5. The Balaban J connectivity index is 0.000000448. The van der Waals surface area contributed by atoms with Crippen molar-refractivity contribution in [3.05, 3.63) is 71.8 Å². The highest BCUT2D eigenvalue weighted by Crippen LogP contribution is 2.25. The predicted octanol–water partition coefficient (Wildman–Crippen LogP) is 2.48. The van der Waals surface area contributed by atoms with Crippen LogP contribution in [0.4, 0.5) is 19.1 Å². The zero-order valence-electron chi connectivity index (χ0n) is 21.0. The number of pyridine rings is 1. The number of likely N-dealkylation sites (N-methyl/N-ethyl adjacent to an activating group) is 1. The van der Waals surface area contributed by atoms with Gasteiger partial charge in [0.2, 0.25) is 5.95 Å². The number of amides is 1. The number of furan rings is 1. The van der Waals surface area contributed by atoms with E-state index in [-0.39, 0.29) is 11.9 Å². The average Bonchev–Trinajstić information content (AvgIpc) is 3.53. The number of aliphatic carboxylic acids is 1. The molecule has 0 aliphatic carbocycles. The maximum Gasteiger partial charge on any atom is 0.490 e. The first-order chi connectivity index (χ1) is 18.5. The number of nitrogens with zero attached hydrogens (tertiary/aromatic N) is 7. The van der Waals surface area contributed by atoms with Gasteiger partial charge in [-0.1, -0.05) is 0 Å². The van der Waals surface area contributed by atoms with E-state index in [1.807, 2.05) is 35.6 Å². The molecule has 1 saturated heterocycles. The van der Waals surface area contributed by atoms with Crippen molar-refractivity contribution in [1.29, 1.82) is 0 Å². The summed E-state index contributed by atoms with van der Waals surface area (Å²) in [6.45, 7) is 4.54. The smallest absolute Gasteiger partial charge is 0.475 e. The summed E-state index contributed by atoms with van der Waals surface area (Å²) in [5.74, 6) is 0.0711. The highest BCUT2D eigenvalue weighted by Gasteiger charge is 2.38. The molecule has 39 heavy (non-hydrogen) atoms. The van der Waals surface area contributed by atoms with Crippen LogP contribution in [0, 0.1) is 6.92 Å². The van der Waals surface area contributed by atoms with Crippen molar-refractivity contribution in [1.82, 2.24) is 34.8 Å². The van der Waals surface area contributed by atoms with Gasteiger partial charge in [-0.25, -0.2) is 14.8 Å².